The lowest BCUT2D eigenvalue weighted by Crippen LogP contribution is -2.49. The Hall–Kier alpha value is -4.81. The minimum absolute atomic E-state index is 0.0310. The zero-order valence-electron chi connectivity index (χ0n) is 23.4. The zero-order chi connectivity index (χ0) is 30.0. The molecule has 0 radical (unpaired) electrons. The molecule has 0 bridgehead atoms. The molecule has 2 aliphatic heterocycles. The van der Waals surface area contributed by atoms with Gasteiger partial charge in [0, 0.05) is 41.0 Å². The number of pyridine rings is 1. The van der Waals surface area contributed by atoms with Crippen LogP contribution >= 0.6 is 0 Å². The molecule has 43 heavy (non-hydrogen) atoms. The van der Waals surface area contributed by atoms with E-state index < -0.39 is 29.5 Å². The molecule has 3 amide bonds. The van der Waals surface area contributed by atoms with Crippen LogP contribution in [0, 0.1) is 12.7 Å². The summed E-state index contributed by atoms with van der Waals surface area (Å²) in [5.74, 6) is -2.64. The standard InChI is InChI=1S/C31H30FN5O6/c1-19-5-6-27(24(32)11-19)43-23-4-2-3-20(13-23)29(39)35-17-28(38)37-18-31(41-9-10-42-31)14-26(37)30(40)34-16-22-12-21-15-33-8-7-25(21)36-22/h2-8,11-13,15,26,36H,9-10,14,16-18H2,1H3,(H,34,40)(H,35,39). The van der Waals surface area contributed by atoms with Crippen LogP contribution in [0.5, 0.6) is 11.5 Å². The van der Waals surface area contributed by atoms with Crippen LogP contribution in [0.2, 0.25) is 0 Å². The van der Waals surface area contributed by atoms with Crippen LogP contribution in [-0.4, -0.2) is 70.7 Å². The molecule has 2 aromatic carbocycles. The van der Waals surface area contributed by atoms with E-state index in [4.69, 9.17) is 14.2 Å². The Kier molecular flexibility index (Phi) is 7.78. The first-order valence-electron chi connectivity index (χ1n) is 13.9. The van der Waals surface area contributed by atoms with E-state index in [9.17, 15) is 18.8 Å². The third-order valence-electron chi connectivity index (χ3n) is 7.47. The molecule has 2 fully saturated rings. The molecule has 6 rings (SSSR count). The number of rotatable bonds is 8. The van der Waals surface area contributed by atoms with E-state index >= 15 is 0 Å². The molecule has 0 saturated carbocycles. The number of nitrogens with one attached hydrogen (secondary N) is 3. The number of hydrogen-bond donors (Lipinski definition) is 3. The normalized spacial score (nSPS) is 17.3. The maximum Gasteiger partial charge on any atom is 0.251 e. The highest BCUT2D eigenvalue weighted by Crippen LogP contribution is 2.35. The van der Waals surface area contributed by atoms with Gasteiger partial charge in [-0.3, -0.25) is 19.4 Å². The van der Waals surface area contributed by atoms with Gasteiger partial charge in [0.05, 0.1) is 32.8 Å². The second-order valence-corrected chi connectivity index (χ2v) is 10.6. The summed E-state index contributed by atoms with van der Waals surface area (Å²) in [6.45, 7) is 2.42. The average molecular weight is 588 g/mol. The predicted molar refractivity (Wildman–Crippen MR) is 153 cm³/mol. The van der Waals surface area contributed by atoms with Crippen molar-refractivity contribution in [1.29, 1.82) is 0 Å². The Labute approximate surface area is 246 Å². The van der Waals surface area contributed by atoms with Crippen molar-refractivity contribution < 1.29 is 33.0 Å². The SMILES string of the molecule is Cc1ccc(Oc2cccc(C(=O)NCC(=O)N3CC4(CC3C(=O)NCc3cc5cnccc5[nH]3)OCCO4)c2)c(F)c1. The molecule has 4 aromatic rings. The number of aromatic amines is 1. The molecule has 2 aromatic heterocycles. The first-order valence-corrected chi connectivity index (χ1v) is 13.9. The summed E-state index contributed by atoms with van der Waals surface area (Å²) in [6.07, 6.45) is 3.58. The van der Waals surface area contributed by atoms with Crippen molar-refractivity contribution in [2.75, 3.05) is 26.3 Å². The average Bonchev–Trinajstić information content (AvgIpc) is 3.74. The number of fused-ring (bicyclic) bond motifs is 1. The Morgan fingerprint density at radius 1 is 1.12 bits per heavy atom. The van der Waals surface area contributed by atoms with Crippen molar-refractivity contribution >= 4 is 28.6 Å². The summed E-state index contributed by atoms with van der Waals surface area (Å²) < 4.78 is 31.5. The maximum absolute atomic E-state index is 14.2. The number of carbonyl (C=O) groups excluding carboxylic acids is 3. The molecule has 3 N–H and O–H groups in total. The second-order valence-electron chi connectivity index (χ2n) is 10.6. The van der Waals surface area contributed by atoms with E-state index in [1.54, 1.807) is 43.6 Å². The number of hydrogen-bond acceptors (Lipinski definition) is 7. The van der Waals surface area contributed by atoms with Crippen LogP contribution < -0.4 is 15.4 Å². The molecule has 1 unspecified atom stereocenters. The van der Waals surface area contributed by atoms with E-state index in [-0.39, 0.29) is 49.0 Å². The van der Waals surface area contributed by atoms with Crippen LogP contribution in [0.4, 0.5) is 4.39 Å². The van der Waals surface area contributed by atoms with Crippen molar-refractivity contribution in [3.05, 3.63) is 89.6 Å². The number of H-pyrrole nitrogens is 1. The summed E-state index contributed by atoms with van der Waals surface area (Å²) in [5, 5.41) is 6.43. The fourth-order valence-electron chi connectivity index (χ4n) is 5.35. The number of aromatic nitrogens is 2. The number of amides is 3. The molecule has 0 aliphatic carbocycles. The largest absolute Gasteiger partial charge is 0.454 e. The number of aryl methyl sites for hydroxylation is 1. The van der Waals surface area contributed by atoms with Gasteiger partial charge in [0.25, 0.3) is 5.91 Å². The molecular formula is C31H30FN5O6. The topological polar surface area (TPSA) is 135 Å². The first-order chi connectivity index (χ1) is 20.8. The Balaban J connectivity index is 1.09. The Morgan fingerprint density at radius 3 is 2.74 bits per heavy atom. The van der Waals surface area contributed by atoms with Crippen LogP contribution in [0.15, 0.2) is 67.0 Å². The van der Waals surface area contributed by atoms with Crippen molar-refractivity contribution in [3.63, 3.8) is 0 Å². The smallest absolute Gasteiger partial charge is 0.251 e. The highest BCUT2D eigenvalue weighted by Gasteiger charge is 2.52. The highest BCUT2D eigenvalue weighted by atomic mass is 19.1. The van der Waals surface area contributed by atoms with Crippen LogP contribution in [0.3, 0.4) is 0 Å². The van der Waals surface area contributed by atoms with Gasteiger partial charge in [-0.05, 0) is 55.0 Å². The van der Waals surface area contributed by atoms with Gasteiger partial charge in [-0.2, -0.15) is 0 Å². The van der Waals surface area contributed by atoms with Gasteiger partial charge in [-0.25, -0.2) is 4.39 Å². The van der Waals surface area contributed by atoms with Gasteiger partial charge in [-0.15, -0.1) is 0 Å². The molecule has 1 atom stereocenters. The van der Waals surface area contributed by atoms with Crippen molar-refractivity contribution in [3.8, 4) is 11.5 Å². The summed E-state index contributed by atoms with van der Waals surface area (Å²) in [5.41, 5.74) is 2.67. The number of carbonyl (C=O) groups is 3. The molecule has 11 nitrogen and oxygen atoms in total. The molecule has 4 heterocycles. The fourth-order valence-corrected chi connectivity index (χ4v) is 5.35. The molecule has 2 saturated heterocycles. The number of nitrogens with zero attached hydrogens (tertiary/aromatic N) is 2. The van der Waals surface area contributed by atoms with E-state index in [1.807, 2.05) is 12.1 Å². The van der Waals surface area contributed by atoms with Crippen LogP contribution in [0.25, 0.3) is 10.9 Å². The van der Waals surface area contributed by atoms with Gasteiger partial charge in [0.1, 0.15) is 11.8 Å². The van der Waals surface area contributed by atoms with E-state index in [2.05, 4.69) is 20.6 Å². The van der Waals surface area contributed by atoms with Crippen LogP contribution in [-0.2, 0) is 25.6 Å². The Bertz CT molecular complexity index is 1650. The van der Waals surface area contributed by atoms with Gasteiger partial charge < -0.3 is 34.7 Å². The van der Waals surface area contributed by atoms with Gasteiger partial charge in [-0.1, -0.05) is 12.1 Å². The summed E-state index contributed by atoms with van der Waals surface area (Å²) >= 11 is 0. The van der Waals surface area contributed by atoms with Gasteiger partial charge >= 0.3 is 0 Å². The van der Waals surface area contributed by atoms with Crippen molar-refractivity contribution in [2.45, 2.75) is 31.7 Å². The lowest BCUT2D eigenvalue weighted by Gasteiger charge is -2.24. The third-order valence-corrected chi connectivity index (χ3v) is 7.47. The summed E-state index contributed by atoms with van der Waals surface area (Å²) in [4.78, 5) is 48.3. The van der Waals surface area contributed by atoms with E-state index in [1.165, 1.54) is 23.1 Å². The zero-order valence-corrected chi connectivity index (χ0v) is 23.4. The number of benzene rings is 2. The molecular weight excluding hydrogens is 557 g/mol. The Morgan fingerprint density at radius 2 is 1.95 bits per heavy atom. The van der Waals surface area contributed by atoms with Gasteiger partial charge in [0.2, 0.25) is 11.8 Å². The second kappa shape index (κ2) is 11.8. The molecule has 222 valence electrons. The van der Waals surface area contributed by atoms with Crippen molar-refractivity contribution in [1.82, 2.24) is 25.5 Å². The number of likely N-dealkylation sites (tertiary alicyclic amines) is 1. The lowest BCUT2D eigenvalue weighted by atomic mass is 10.1. The third kappa shape index (κ3) is 6.20. The molecule has 2 aliphatic rings. The first kappa shape index (κ1) is 28.3. The van der Waals surface area contributed by atoms with E-state index in [0.717, 1.165) is 22.2 Å². The summed E-state index contributed by atoms with van der Waals surface area (Å²) in [7, 11) is 0. The van der Waals surface area contributed by atoms with Crippen molar-refractivity contribution in [2.24, 2.45) is 0 Å². The van der Waals surface area contributed by atoms with E-state index in [0.29, 0.717) is 13.2 Å². The number of halogens is 1. The minimum Gasteiger partial charge on any atom is -0.454 e. The quantitative estimate of drug-likeness (QED) is 0.288. The minimum atomic E-state index is -1.06. The monoisotopic (exact) mass is 587 g/mol. The number of ether oxygens (including phenoxy) is 3. The molecule has 1 spiro atoms. The fraction of sp³-hybridized carbons (Fsp3) is 0.290. The lowest BCUT2D eigenvalue weighted by molar-refractivity contribution is -0.152. The van der Waals surface area contributed by atoms with Gasteiger partial charge in [0.15, 0.2) is 17.4 Å². The molecule has 12 heteroatoms. The summed E-state index contributed by atoms with van der Waals surface area (Å²) in [6, 6.07) is 13.7. The predicted octanol–water partition coefficient (Wildman–Crippen LogP) is 3.19. The maximum atomic E-state index is 14.2. The highest BCUT2D eigenvalue weighted by molar-refractivity contribution is 5.97. The van der Waals surface area contributed by atoms with Crippen LogP contribution in [0.1, 0.15) is 28.0 Å².